The molecule has 0 fully saturated rings. The van der Waals surface area contributed by atoms with Gasteiger partial charge >= 0.3 is 0 Å². The summed E-state index contributed by atoms with van der Waals surface area (Å²) in [5.41, 5.74) is 0.00357. The Morgan fingerprint density at radius 2 is 1.79 bits per heavy atom. The fourth-order valence-corrected chi connectivity index (χ4v) is 3.27. The SMILES string of the molecule is COc1cc(OC)c2c(=O)c3ccccc3sc2c1. The van der Waals surface area contributed by atoms with Crippen molar-refractivity contribution in [1.29, 1.82) is 0 Å². The Balaban J connectivity index is 2.54. The first-order valence-electron chi connectivity index (χ1n) is 5.82. The maximum atomic E-state index is 12.6. The zero-order chi connectivity index (χ0) is 13.4. The molecule has 0 saturated carbocycles. The van der Waals surface area contributed by atoms with Crippen LogP contribution in [0, 0.1) is 0 Å². The van der Waals surface area contributed by atoms with Gasteiger partial charge in [0.15, 0.2) is 5.43 Å². The second-order valence-corrected chi connectivity index (χ2v) is 5.21. The van der Waals surface area contributed by atoms with E-state index < -0.39 is 0 Å². The van der Waals surface area contributed by atoms with Crippen molar-refractivity contribution >= 4 is 31.5 Å². The molecule has 19 heavy (non-hydrogen) atoms. The molecule has 0 amide bonds. The number of methoxy groups -OCH3 is 2. The maximum absolute atomic E-state index is 12.6. The molecule has 0 atom stereocenters. The lowest BCUT2D eigenvalue weighted by atomic mass is 10.1. The number of hydrogen-bond acceptors (Lipinski definition) is 4. The number of fused-ring (bicyclic) bond motifs is 2. The monoisotopic (exact) mass is 272 g/mol. The van der Waals surface area contributed by atoms with Crippen molar-refractivity contribution < 1.29 is 9.47 Å². The van der Waals surface area contributed by atoms with E-state index in [0.29, 0.717) is 16.9 Å². The van der Waals surface area contributed by atoms with Crippen molar-refractivity contribution in [3.8, 4) is 11.5 Å². The normalized spacial score (nSPS) is 10.8. The zero-order valence-corrected chi connectivity index (χ0v) is 11.4. The molecule has 0 radical (unpaired) electrons. The molecule has 0 unspecified atom stereocenters. The molecule has 0 aliphatic carbocycles. The average molecular weight is 272 g/mol. The minimum Gasteiger partial charge on any atom is -0.497 e. The second kappa shape index (κ2) is 4.55. The van der Waals surface area contributed by atoms with E-state index in [0.717, 1.165) is 14.8 Å². The molecular formula is C15H12O3S. The Kier molecular flexibility index (Phi) is 2.87. The highest BCUT2D eigenvalue weighted by Gasteiger charge is 2.12. The third-order valence-corrected chi connectivity index (χ3v) is 4.19. The molecule has 0 bridgehead atoms. The lowest BCUT2D eigenvalue weighted by molar-refractivity contribution is 0.398. The van der Waals surface area contributed by atoms with Gasteiger partial charge in [-0.1, -0.05) is 12.1 Å². The van der Waals surface area contributed by atoms with Crippen LogP contribution >= 0.6 is 11.3 Å². The van der Waals surface area contributed by atoms with Gasteiger partial charge in [0.25, 0.3) is 0 Å². The number of ether oxygens (including phenoxy) is 2. The smallest absolute Gasteiger partial charge is 0.199 e. The van der Waals surface area contributed by atoms with Gasteiger partial charge in [-0.3, -0.25) is 4.79 Å². The van der Waals surface area contributed by atoms with Crippen LogP contribution in [-0.2, 0) is 0 Å². The van der Waals surface area contributed by atoms with Gasteiger partial charge in [-0.25, -0.2) is 0 Å². The summed E-state index contributed by atoms with van der Waals surface area (Å²) in [5.74, 6) is 1.25. The summed E-state index contributed by atoms with van der Waals surface area (Å²) in [4.78, 5) is 12.6. The van der Waals surface area contributed by atoms with Gasteiger partial charge in [-0.15, -0.1) is 11.3 Å². The van der Waals surface area contributed by atoms with Crippen molar-refractivity contribution in [3.05, 3.63) is 46.6 Å². The van der Waals surface area contributed by atoms with Gasteiger partial charge < -0.3 is 9.47 Å². The maximum Gasteiger partial charge on any atom is 0.199 e. The van der Waals surface area contributed by atoms with Crippen LogP contribution in [-0.4, -0.2) is 14.2 Å². The van der Waals surface area contributed by atoms with E-state index in [-0.39, 0.29) is 5.43 Å². The summed E-state index contributed by atoms with van der Waals surface area (Å²) >= 11 is 1.56. The first kappa shape index (κ1) is 12.0. The van der Waals surface area contributed by atoms with E-state index in [1.165, 1.54) is 0 Å². The van der Waals surface area contributed by atoms with Gasteiger partial charge in [-0.2, -0.15) is 0 Å². The number of rotatable bonds is 2. The summed E-state index contributed by atoms with van der Waals surface area (Å²) in [5, 5.41) is 1.34. The molecule has 0 aliphatic rings. The predicted molar refractivity (Wildman–Crippen MR) is 78.7 cm³/mol. The summed E-state index contributed by atoms with van der Waals surface area (Å²) in [6.07, 6.45) is 0. The van der Waals surface area contributed by atoms with Crippen molar-refractivity contribution in [2.24, 2.45) is 0 Å². The summed E-state index contributed by atoms with van der Waals surface area (Å²) in [7, 11) is 3.16. The summed E-state index contributed by atoms with van der Waals surface area (Å²) in [6.45, 7) is 0. The van der Waals surface area contributed by atoms with Crippen molar-refractivity contribution in [2.75, 3.05) is 14.2 Å². The van der Waals surface area contributed by atoms with E-state index in [1.807, 2.05) is 30.3 Å². The molecule has 3 aromatic rings. The van der Waals surface area contributed by atoms with Crippen molar-refractivity contribution in [3.63, 3.8) is 0 Å². The van der Waals surface area contributed by atoms with Crippen LogP contribution in [0.5, 0.6) is 11.5 Å². The molecule has 0 saturated heterocycles. The van der Waals surface area contributed by atoms with Crippen molar-refractivity contribution in [1.82, 2.24) is 0 Å². The zero-order valence-electron chi connectivity index (χ0n) is 10.6. The summed E-state index contributed by atoms with van der Waals surface area (Å²) in [6, 6.07) is 11.2. The molecule has 1 aromatic heterocycles. The quantitative estimate of drug-likeness (QED) is 0.670. The van der Waals surface area contributed by atoms with Crippen LogP contribution in [0.3, 0.4) is 0 Å². The van der Waals surface area contributed by atoms with Gasteiger partial charge in [0.1, 0.15) is 11.5 Å². The standard InChI is InChI=1S/C15H12O3S/c1-17-9-7-11(18-2)14-13(8-9)19-12-6-4-3-5-10(12)15(14)16/h3-8H,1-2H3. The van der Waals surface area contributed by atoms with E-state index in [4.69, 9.17) is 9.47 Å². The predicted octanol–water partition coefficient (Wildman–Crippen LogP) is 3.43. The lowest BCUT2D eigenvalue weighted by Gasteiger charge is -2.08. The van der Waals surface area contributed by atoms with E-state index in [1.54, 1.807) is 31.6 Å². The molecule has 4 heteroatoms. The first-order chi connectivity index (χ1) is 9.24. The van der Waals surface area contributed by atoms with Crippen LogP contribution in [0.2, 0.25) is 0 Å². The Bertz CT molecular complexity index is 821. The topological polar surface area (TPSA) is 35.5 Å². The third kappa shape index (κ3) is 1.85. The van der Waals surface area contributed by atoms with Gasteiger partial charge in [-0.05, 0) is 18.2 Å². The molecular weight excluding hydrogens is 260 g/mol. The molecule has 3 nitrogen and oxygen atoms in total. The van der Waals surface area contributed by atoms with Gasteiger partial charge in [0, 0.05) is 20.9 Å². The summed E-state index contributed by atoms with van der Waals surface area (Å²) < 4.78 is 12.4. The Hall–Kier alpha value is -2.07. The third-order valence-electron chi connectivity index (χ3n) is 3.07. The molecule has 0 spiro atoms. The number of hydrogen-bond donors (Lipinski definition) is 0. The minimum absolute atomic E-state index is 0.00357. The molecule has 2 aromatic carbocycles. The first-order valence-corrected chi connectivity index (χ1v) is 6.64. The van der Waals surface area contributed by atoms with Gasteiger partial charge in [0.2, 0.25) is 0 Å². The fourth-order valence-electron chi connectivity index (χ4n) is 2.15. The van der Waals surface area contributed by atoms with Crippen LogP contribution in [0.25, 0.3) is 20.2 Å². The fraction of sp³-hybridized carbons (Fsp3) is 0.133. The van der Waals surface area contributed by atoms with Crippen LogP contribution in [0.15, 0.2) is 41.2 Å². The van der Waals surface area contributed by atoms with E-state index in [9.17, 15) is 4.79 Å². The highest BCUT2D eigenvalue weighted by atomic mass is 32.1. The van der Waals surface area contributed by atoms with Crippen LogP contribution in [0.4, 0.5) is 0 Å². The van der Waals surface area contributed by atoms with Crippen LogP contribution in [0.1, 0.15) is 0 Å². The highest BCUT2D eigenvalue weighted by molar-refractivity contribution is 7.24. The van der Waals surface area contributed by atoms with Gasteiger partial charge in [0.05, 0.1) is 19.6 Å². The second-order valence-electron chi connectivity index (χ2n) is 4.13. The molecule has 0 aliphatic heterocycles. The largest absolute Gasteiger partial charge is 0.497 e. The van der Waals surface area contributed by atoms with E-state index in [2.05, 4.69) is 0 Å². The highest BCUT2D eigenvalue weighted by Crippen LogP contribution is 2.34. The Morgan fingerprint density at radius 3 is 2.53 bits per heavy atom. The molecule has 3 rings (SSSR count). The lowest BCUT2D eigenvalue weighted by Crippen LogP contribution is -2.03. The van der Waals surface area contributed by atoms with Crippen LogP contribution < -0.4 is 14.9 Å². The Morgan fingerprint density at radius 1 is 1.00 bits per heavy atom. The average Bonchev–Trinajstić information content (AvgIpc) is 2.46. The Labute approximate surface area is 114 Å². The number of benzene rings is 2. The molecule has 96 valence electrons. The van der Waals surface area contributed by atoms with Crippen molar-refractivity contribution in [2.45, 2.75) is 0 Å². The van der Waals surface area contributed by atoms with E-state index >= 15 is 0 Å². The molecule has 1 heterocycles. The minimum atomic E-state index is 0.00357. The molecule has 0 N–H and O–H groups in total.